The fourth-order valence-corrected chi connectivity index (χ4v) is 4.66. The molecule has 0 aliphatic rings. The van der Waals surface area contributed by atoms with Gasteiger partial charge in [-0.15, -0.1) is 10.2 Å². The Hall–Kier alpha value is -4.44. The van der Waals surface area contributed by atoms with Crippen molar-refractivity contribution in [2.75, 3.05) is 5.73 Å². The molecule has 0 aromatic heterocycles. The molecule has 0 saturated carbocycles. The lowest BCUT2D eigenvalue weighted by atomic mass is 10.1. The number of anilines is 1. The molecule has 13 nitrogen and oxygen atoms in total. The van der Waals surface area contributed by atoms with Crippen molar-refractivity contribution < 1.29 is 36.2 Å². The molecule has 0 aliphatic heterocycles. The van der Waals surface area contributed by atoms with Crippen LogP contribution in [0.25, 0.3) is 10.8 Å². The first-order valence-corrected chi connectivity index (χ1v) is 13.0. The maximum atomic E-state index is 12.1. The Bertz CT molecular complexity index is 1790. The molecule has 0 aliphatic carbocycles. The van der Waals surface area contributed by atoms with Crippen molar-refractivity contribution in [2.45, 2.75) is 9.79 Å². The van der Waals surface area contributed by atoms with Gasteiger partial charge < -0.3 is 15.9 Å². The van der Waals surface area contributed by atoms with Crippen LogP contribution in [0.5, 0.6) is 11.5 Å². The van der Waals surface area contributed by atoms with Crippen LogP contribution in [0.1, 0.15) is 0 Å². The summed E-state index contributed by atoms with van der Waals surface area (Å²) in [6.07, 6.45) is 0. The average molecular weight is 544 g/mol. The van der Waals surface area contributed by atoms with Gasteiger partial charge in [-0.3, -0.25) is 9.11 Å². The van der Waals surface area contributed by atoms with Gasteiger partial charge in [-0.2, -0.15) is 27.1 Å². The number of phenolic OH excluding ortho intramolecular Hbond substituents is 2. The van der Waals surface area contributed by atoms with E-state index in [0.717, 1.165) is 12.1 Å². The van der Waals surface area contributed by atoms with Gasteiger partial charge in [-0.1, -0.05) is 18.2 Å². The third-order valence-corrected chi connectivity index (χ3v) is 6.74. The highest BCUT2D eigenvalue weighted by Gasteiger charge is 2.27. The quantitative estimate of drug-likeness (QED) is 0.123. The van der Waals surface area contributed by atoms with Crippen LogP contribution in [0, 0.1) is 0 Å². The van der Waals surface area contributed by atoms with Gasteiger partial charge in [0, 0.05) is 0 Å². The molecule has 6 N–H and O–H groups in total. The fraction of sp³-hybridized carbons (Fsp3) is 0. The minimum Gasteiger partial charge on any atom is -0.508 e. The SMILES string of the molecule is Nc1c(N=Nc2ccc(O)cc2)c(S(=O)(=O)O)cc2cc(S(=O)(=O)O)c(N=Nc3ccccc3)c(O)c12. The molecule has 0 atom stereocenters. The second-order valence-electron chi connectivity index (χ2n) is 7.51. The number of nitrogen functional groups attached to an aromatic ring is 1. The van der Waals surface area contributed by atoms with Crippen molar-refractivity contribution in [3.05, 3.63) is 66.7 Å². The highest BCUT2D eigenvalue weighted by atomic mass is 32.2. The number of azo groups is 2. The molecule has 0 bridgehead atoms. The first kappa shape index (κ1) is 25.6. The number of hydrogen-bond donors (Lipinski definition) is 5. The van der Waals surface area contributed by atoms with Crippen LogP contribution in [0.15, 0.2) is 97.0 Å². The highest BCUT2D eigenvalue weighted by molar-refractivity contribution is 7.86. The van der Waals surface area contributed by atoms with Crippen LogP contribution in [-0.2, 0) is 20.2 Å². The largest absolute Gasteiger partial charge is 0.508 e. The molecule has 0 amide bonds. The molecule has 4 rings (SSSR count). The Kier molecular flexibility index (Phi) is 6.62. The second kappa shape index (κ2) is 9.55. The topological polar surface area (TPSA) is 225 Å². The van der Waals surface area contributed by atoms with E-state index in [1.807, 2.05) is 0 Å². The molecule has 0 heterocycles. The van der Waals surface area contributed by atoms with Crippen molar-refractivity contribution in [3.63, 3.8) is 0 Å². The number of benzene rings is 4. The van der Waals surface area contributed by atoms with Gasteiger partial charge in [-0.25, -0.2) is 0 Å². The van der Waals surface area contributed by atoms with Gasteiger partial charge in [0.05, 0.1) is 22.4 Å². The van der Waals surface area contributed by atoms with Crippen LogP contribution in [0.3, 0.4) is 0 Å². The number of nitrogens with zero attached hydrogens (tertiary/aromatic N) is 4. The monoisotopic (exact) mass is 543 g/mol. The van der Waals surface area contributed by atoms with Gasteiger partial charge in [0.15, 0.2) is 5.75 Å². The van der Waals surface area contributed by atoms with Crippen molar-refractivity contribution in [1.82, 2.24) is 0 Å². The van der Waals surface area contributed by atoms with E-state index < -0.39 is 52.8 Å². The van der Waals surface area contributed by atoms with Crippen LogP contribution in [-0.4, -0.2) is 36.2 Å². The zero-order valence-electron chi connectivity index (χ0n) is 18.5. The molecule has 0 spiro atoms. The van der Waals surface area contributed by atoms with E-state index in [1.165, 1.54) is 24.3 Å². The predicted molar refractivity (Wildman–Crippen MR) is 133 cm³/mol. The zero-order chi connectivity index (χ0) is 27.0. The number of rotatable bonds is 6. The standard InChI is InChI=1S/C22H17N5O8S2/c23-19-18-12(10-16(36(30,31)32)20(19)26-25-14-6-8-15(28)9-7-14)11-17(37(33,34)35)21(22(18)29)27-24-13-4-2-1-3-5-13/h1-11,28-29H,23H2,(H,30,31,32)(H,33,34,35). The maximum absolute atomic E-state index is 12.1. The van der Waals surface area contributed by atoms with Crippen molar-refractivity contribution in [3.8, 4) is 11.5 Å². The second-order valence-corrected chi connectivity index (χ2v) is 10.3. The lowest BCUT2D eigenvalue weighted by Crippen LogP contribution is -2.03. The third-order valence-electron chi connectivity index (χ3n) is 5.01. The van der Waals surface area contributed by atoms with Gasteiger partial charge in [0.2, 0.25) is 0 Å². The third kappa shape index (κ3) is 5.39. The molecule has 15 heteroatoms. The smallest absolute Gasteiger partial charge is 0.296 e. The molecule has 0 unspecified atom stereocenters. The van der Waals surface area contributed by atoms with Gasteiger partial charge in [-0.05, 0) is 53.9 Å². The van der Waals surface area contributed by atoms with E-state index >= 15 is 0 Å². The van der Waals surface area contributed by atoms with Gasteiger partial charge >= 0.3 is 0 Å². The molecular formula is C22H17N5O8S2. The van der Waals surface area contributed by atoms with Crippen LogP contribution < -0.4 is 5.73 Å². The lowest BCUT2D eigenvalue weighted by Gasteiger charge is -2.14. The number of hydrogen-bond acceptors (Lipinski definition) is 11. The van der Waals surface area contributed by atoms with E-state index in [1.54, 1.807) is 30.3 Å². The van der Waals surface area contributed by atoms with E-state index in [-0.39, 0.29) is 22.2 Å². The minimum absolute atomic E-state index is 0.0560. The van der Waals surface area contributed by atoms with E-state index in [4.69, 9.17) is 5.73 Å². The van der Waals surface area contributed by atoms with E-state index in [0.29, 0.717) is 5.69 Å². The minimum atomic E-state index is -5.00. The molecule has 0 fully saturated rings. The Morgan fingerprint density at radius 3 is 1.68 bits per heavy atom. The summed E-state index contributed by atoms with van der Waals surface area (Å²) < 4.78 is 67.9. The van der Waals surface area contributed by atoms with Crippen molar-refractivity contribution >= 4 is 59.4 Å². The molecule has 4 aromatic rings. The van der Waals surface area contributed by atoms with Crippen LogP contribution in [0.2, 0.25) is 0 Å². The van der Waals surface area contributed by atoms with Crippen LogP contribution >= 0.6 is 0 Å². The number of aromatic hydroxyl groups is 2. The predicted octanol–water partition coefficient (Wildman–Crippen LogP) is 5.16. The summed E-state index contributed by atoms with van der Waals surface area (Å²) in [5, 5.41) is 35.1. The first-order valence-electron chi connectivity index (χ1n) is 10.1. The zero-order valence-corrected chi connectivity index (χ0v) is 20.1. The summed E-state index contributed by atoms with van der Waals surface area (Å²) in [7, 11) is -9.99. The average Bonchev–Trinajstić information content (AvgIpc) is 2.82. The summed E-state index contributed by atoms with van der Waals surface area (Å²) in [6.45, 7) is 0. The van der Waals surface area contributed by atoms with Crippen molar-refractivity contribution in [2.24, 2.45) is 20.5 Å². The molecule has 0 saturated heterocycles. The fourth-order valence-electron chi connectivity index (χ4n) is 3.33. The Labute approximate surface area is 209 Å². The summed E-state index contributed by atoms with van der Waals surface area (Å²) in [5.41, 5.74) is 4.87. The summed E-state index contributed by atoms with van der Waals surface area (Å²) in [5.74, 6) is -0.912. The van der Waals surface area contributed by atoms with E-state index in [2.05, 4.69) is 20.5 Å². The number of fused-ring (bicyclic) bond motifs is 1. The first-order chi connectivity index (χ1) is 17.4. The van der Waals surface area contributed by atoms with E-state index in [9.17, 15) is 36.2 Å². The molecule has 37 heavy (non-hydrogen) atoms. The maximum Gasteiger partial charge on any atom is 0.296 e. The Balaban J connectivity index is 2.03. The van der Waals surface area contributed by atoms with Gasteiger partial charge in [0.25, 0.3) is 20.2 Å². The summed E-state index contributed by atoms with van der Waals surface area (Å²) in [6, 6.07) is 15.0. The normalized spacial score (nSPS) is 12.6. The Morgan fingerprint density at radius 1 is 0.649 bits per heavy atom. The highest BCUT2D eigenvalue weighted by Crippen LogP contribution is 2.48. The summed E-state index contributed by atoms with van der Waals surface area (Å²) in [4.78, 5) is -1.74. The Morgan fingerprint density at radius 2 is 1.14 bits per heavy atom. The molecule has 190 valence electrons. The number of nitrogens with two attached hydrogens (primary N) is 1. The number of phenols is 2. The molecule has 4 aromatic carbocycles. The molecular weight excluding hydrogens is 526 g/mol. The van der Waals surface area contributed by atoms with Gasteiger partial charge in [0.1, 0.15) is 26.9 Å². The van der Waals surface area contributed by atoms with Crippen LogP contribution in [0.4, 0.5) is 28.4 Å². The lowest BCUT2D eigenvalue weighted by molar-refractivity contribution is 0.472. The molecule has 0 radical (unpaired) electrons. The summed E-state index contributed by atoms with van der Waals surface area (Å²) >= 11 is 0. The van der Waals surface area contributed by atoms with Crippen molar-refractivity contribution in [1.29, 1.82) is 0 Å².